The van der Waals surface area contributed by atoms with Crippen LogP contribution in [0.15, 0.2) is 71.6 Å². The number of sulfonamides is 1. The van der Waals surface area contributed by atoms with Crippen LogP contribution in [0.3, 0.4) is 0 Å². The lowest BCUT2D eigenvalue weighted by atomic mass is 10.2. The molecule has 2 N–H and O–H groups in total. The molecule has 0 atom stereocenters. The fourth-order valence-electron chi connectivity index (χ4n) is 3.31. The number of aromatic nitrogens is 2. The molecule has 3 aromatic carbocycles. The van der Waals surface area contributed by atoms with Crippen LogP contribution < -0.4 is 14.8 Å². The number of benzene rings is 3. The predicted molar refractivity (Wildman–Crippen MR) is 129 cm³/mol. The van der Waals surface area contributed by atoms with Gasteiger partial charge in [-0.15, -0.1) is 0 Å². The van der Waals surface area contributed by atoms with Crippen LogP contribution in [0.1, 0.15) is 12.5 Å². The SMILES string of the molecule is CCOc1ccccc1Nc1nc2ccccc2nc1NS(=O)(=O)c1cc([N+](=O)[O-])ccc1C. The molecule has 0 bridgehead atoms. The third-order valence-electron chi connectivity index (χ3n) is 4.91. The van der Waals surface area contributed by atoms with Crippen molar-refractivity contribution < 1.29 is 18.1 Å². The Hall–Kier alpha value is -4.25. The smallest absolute Gasteiger partial charge is 0.270 e. The summed E-state index contributed by atoms with van der Waals surface area (Å²) in [5, 5.41) is 14.3. The van der Waals surface area contributed by atoms with E-state index in [1.54, 1.807) is 49.4 Å². The van der Waals surface area contributed by atoms with Crippen LogP contribution in [-0.4, -0.2) is 29.9 Å². The summed E-state index contributed by atoms with van der Waals surface area (Å²) in [4.78, 5) is 19.3. The van der Waals surface area contributed by atoms with Crippen LogP contribution in [0.4, 0.5) is 23.0 Å². The van der Waals surface area contributed by atoms with Gasteiger partial charge in [0.1, 0.15) is 5.75 Å². The summed E-state index contributed by atoms with van der Waals surface area (Å²) in [5.74, 6) is 0.650. The summed E-state index contributed by atoms with van der Waals surface area (Å²) in [6.07, 6.45) is 0. The Kier molecular flexibility index (Phi) is 6.28. The van der Waals surface area contributed by atoms with E-state index in [1.807, 2.05) is 13.0 Å². The molecular weight excluding hydrogens is 458 g/mol. The minimum absolute atomic E-state index is 0.0593. The predicted octanol–water partition coefficient (Wildman–Crippen LogP) is 4.79. The average Bonchev–Trinajstić information content (AvgIpc) is 2.80. The number of ether oxygens (including phenoxy) is 1. The summed E-state index contributed by atoms with van der Waals surface area (Å²) in [7, 11) is -4.23. The standard InChI is InChI=1S/C23H21N5O5S/c1-3-33-20-11-7-6-10-19(20)26-22-23(25-18-9-5-4-8-17(18)24-22)27-34(31,32)21-14-16(28(29)30)13-12-15(21)2/h4-14H,3H2,1-2H3,(H,24,26)(H,25,27). The molecule has 0 saturated carbocycles. The molecule has 0 radical (unpaired) electrons. The Bertz CT molecular complexity index is 1490. The molecule has 0 fully saturated rings. The van der Waals surface area contributed by atoms with Gasteiger partial charge in [-0.2, -0.15) is 0 Å². The molecule has 11 heteroatoms. The summed E-state index contributed by atoms with van der Waals surface area (Å²) in [6.45, 7) is 3.85. The highest BCUT2D eigenvalue weighted by Crippen LogP contribution is 2.32. The number of nitrogens with zero attached hydrogens (tertiary/aromatic N) is 3. The van der Waals surface area contributed by atoms with E-state index in [9.17, 15) is 18.5 Å². The molecule has 1 aromatic heterocycles. The molecule has 0 unspecified atom stereocenters. The van der Waals surface area contributed by atoms with Gasteiger partial charge in [0, 0.05) is 12.1 Å². The number of hydrogen-bond acceptors (Lipinski definition) is 8. The third kappa shape index (κ3) is 4.74. The lowest BCUT2D eigenvalue weighted by Crippen LogP contribution is -2.17. The third-order valence-corrected chi connectivity index (χ3v) is 6.39. The van der Waals surface area contributed by atoms with Gasteiger partial charge in [-0.05, 0) is 43.7 Å². The van der Waals surface area contributed by atoms with Gasteiger partial charge in [0.05, 0.1) is 33.1 Å². The molecule has 0 aliphatic rings. The van der Waals surface area contributed by atoms with Gasteiger partial charge in [-0.3, -0.25) is 14.8 Å². The number of fused-ring (bicyclic) bond motifs is 1. The number of hydrogen-bond donors (Lipinski definition) is 2. The first kappa shape index (κ1) is 22.9. The number of aryl methyl sites for hydroxylation is 1. The number of para-hydroxylation sites is 4. The molecule has 174 valence electrons. The number of nitro groups is 1. The normalized spacial score (nSPS) is 11.2. The van der Waals surface area contributed by atoms with Gasteiger partial charge in [-0.1, -0.05) is 30.3 Å². The second kappa shape index (κ2) is 9.32. The van der Waals surface area contributed by atoms with Crippen LogP contribution >= 0.6 is 0 Å². The van der Waals surface area contributed by atoms with Crippen molar-refractivity contribution >= 4 is 44.1 Å². The van der Waals surface area contributed by atoms with Gasteiger partial charge >= 0.3 is 0 Å². The van der Waals surface area contributed by atoms with E-state index in [1.165, 1.54) is 12.1 Å². The fourth-order valence-corrected chi connectivity index (χ4v) is 4.59. The van der Waals surface area contributed by atoms with Crippen molar-refractivity contribution in [1.29, 1.82) is 0 Å². The molecule has 0 aliphatic heterocycles. The Morgan fingerprint density at radius 3 is 2.29 bits per heavy atom. The van der Waals surface area contributed by atoms with Crippen molar-refractivity contribution in [3.05, 3.63) is 82.4 Å². The van der Waals surface area contributed by atoms with Crippen molar-refractivity contribution in [3.63, 3.8) is 0 Å². The summed E-state index contributed by atoms with van der Waals surface area (Å²) in [5.41, 5.74) is 1.61. The molecule has 0 spiro atoms. The van der Waals surface area contributed by atoms with E-state index in [0.717, 1.165) is 6.07 Å². The molecule has 0 saturated heterocycles. The second-order valence-electron chi connectivity index (χ2n) is 7.28. The van der Waals surface area contributed by atoms with Crippen LogP contribution in [-0.2, 0) is 10.0 Å². The topological polar surface area (TPSA) is 136 Å². The molecule has 4 aromatic rings. The van der Waals surface area contributed by atoms with Gasteiger partial charge in [0.15, 0.2) is 11.6 Å². The number of nitrogens with one attached hydrogen (secondary N) is 2. The van der Waals surface area contributed by atoms with Gasteiger partial charge in [-0.25, -0.2) is 18.4 Å². The molecule has 34 heavy (non-hydrogen) atoms. The van der Waals surface area contributed by atoms with Gasteiger partial charge < -0.3 is 10.1 Å². The van der Waals surface area contributed by atoms with E-state index < -0.39 is 14.9 Å². The molecule has 1 heterocycles. The number of rotatable bonds is 8. The maximum Gasteiger partial charge on any atom is 0.270 e. The number of nitro benzene ring substituents is 1. The highest BCUT2D eigenvalue weighted by atomic mass is 32.2. The lowest BCUT2D eigenvalue weighted by molar-refractivity contribution is -0.385. The second-order valence-corrected chi connectivity index (χ2v) is 8.93. The van der Waals surface area contributed by atoms with Gasteiger partial charge in [0.25, 0.3) is 15.7 Å². The highest BCUT2D eigenvalue weighted by molar-refractivity contribution is 7.92. The molecule has 4 rings (SSSR count). The fraction of sp³-hybridized carbons (Fsp3) is 0.130. The largest absolute Gasteiger partial charge is 0.492 e. The van der Waals surface area contributed by atoms with E-state index >= 15 is 0 Å². The molecule has 0 aliphatic carbocycles. The minimum atomic E-state index is -4.23. The molecule has 10 nitrogen and oxygen atoms in total. The Morgan fingerprint density at radius 1 is 0.971 bits per heavy atom. The van der Waals surface area contributed by atoms with E-state index in [4.69, 9.17) is 4.74 Å². The maximum absolute atomic E-state index is 13.3. The van der Waals surface area contributed by atoms with Crippen LogP contribution in [0, 0.1) is 17.0 Å². The monoisotopic (exact) mass is 479 g/mol. The quantitative estimate of drug-likeness (QED) is 0.272. The first-order valence-corrected chi connectivity index (χ1v) is 11.8. The Morgan fingerprint density at radius 2 is 1.62 bits per heavy atom. The Labute approximate surface area is 195 Å². The van der Waals surface area contributed by atoms with Gasteiger partial charge in [0.2, 0.25) is 0 Å². The maximum atomic E-state index is 13.3. The molecule has 0 amide bonds. The van der Waals surface area contributed by atoms with Crippen molar-refractivity contribution in [2.24, 2.45) is 0 Å². The first-order valence-electron chi connectivity index (χ1n) is 10.3. The number of anilines is 3. The summed E-state index contributed by atoms with van der Waals surface area (Å²) < 4.78 is 34.6. The summed E-state index contributed by atoms with van der Waals surface area (Å²) in [6, 6.07) is 17.8. The van der Waals surface area contributed by atoms with Crippen molar-refractivity contribution in [2.45, 2.75) is 18.7 Å². The summed E-state index contributed by atoms with van der Waals surface area (Å²) >= 11 is 0. The highest BCUT2D eigenvalue weighted by Gasteiger charge is 2.23. The van der Waals surface area contributed by atoms with Crippen molar-refractivity contribution in [3.8, 4) is 5.75 Å². The minimum Gasteiger partial charge on any atom is -0.492 e. The van der Waals surface area contributed by atoms with Crippen molar-refractivity contribution in [1.82, 2.24) is 9.97 Å². The Balaban J connectivity index is 1.81. The average molecular weight is 480 g/mol. The van der Waals surface area contributed by atoms with E-state index in [0.29, 0.717) is 34.6 Å². The first-order chi connectivity index (χ1) is 16.3. The van der Waals surface area contributed by atoms with Crippen molar-refractivity contribution in [2.75, 3.05) is 16.6 Å². The zero-order chi connectivity index (χ0) is 24.3. The molecular formula is C23H21N5O5S. The van der Waals surface area contributed by atoms with Crippen LogP contribution in [0.5, 0.6) is 5.75 Å². The van der Waals surface area contributed by atoms with Crippen LogP contribution in [0.25, 0.3) is 11.0 Å². The zero-order valence-electron chi connectivity index (χ0n) is 18.3. The number of non-ortho nitro benzene ring substituents is 1. The lowest BCUT2D eigenvalue weighted by Gasteiger charge is -2.16. The zero-order valence-corrected chi connectivity index (χ0v) is 19.2. The van der Waals surface area contributed by atoms with E-state index in [-0.39, 0.29) is 22.2 Å². The van der Waals surface area contributed by atoms with E-state index in [2.05, 4.69) is 20.0 Å². The van der Waals surface area contributed by atoms with Crippen LogP contribution in [0.2, 0.25) is 0 Å².